The number of aryl methyl sites for hydroxylation is 1. The third-order valence-electron chi connectivity index (χ3n) is 2.59. The number of carbonyl (C=O) groups excluding carboxylic acids is 1. The van der Waals surface area contributed by atoms with Crippen molar-refractivity contribution in [1.29, 1.82) is 0 Å². The molecule has 1 aromatic carbocycles. The number of nitrogens with zero attached hydrogens (tertiary/aromatic N) is 1. The molecule has 0 unspecified atom stereocenters. The molecule has 0 bridgehead atoms. The summed E-state index contributed by atoms with van der Waals surface area (Å²) in [4.78, 5) is 15.8. The van der Waals surface area contributed by atoms with Crippen molar-refractivity contribution < 1.29 is 13.6 Å². The Bertz CT molecular complexity index is 644. The molecule has 1 aromatic heterocycles. The Morgan fingerprint density at radius 1 is 1.32 bits per heavy atom. The lowest BCUT2D eigenvalue weighted by molar-refractivity contribution is 0.101. The Labute approximate surface area is 108 Å². The van der Waals surface area contributed by atoms with Gasteiger partial charge < -0.3 is 11.1 Å². The van der Waals surface area contributed by atoms with E-state index in [1.807, 2.05) is 0 Å². The fraction of sp³-hybridized carbons (Fsp3) is 0.0769. The summed E-state index contributed by atoms with van der Waals surface area (Å²) >= 11 is 0. The molecule has 0 fully saturated rings. The van der Waals surface area contributed by atoms with Crippen molar-refractivity contribution in [2.24, 2.45) is 0 Å². The largest absolute Gasteiger partial charge is 0.396 e. The summed E-state index contributed by atoms with van der Waals surface area (Å²) in [6, 6.07) is 5.41. The van der Waals surface area contributed by atoms with Gasteiger partial charge in [0.05, 0.1) is 5.69 Å². The second-order valence-corrected chi connectivity index (χ2v) is 3.95. The Morgan fingerprint density at radius 2 is 2.05 bits per heavy atom. The zero-order valence-corrected chi connectivity index (χ0v) is 10.1. The van der Waals surface area contributed by atoms with E-state index in [2.05, 4.69) is 10.3 Å². The number of anilines is 2. The number of nitrogen functional groups attached to an aromatic ring is 1. The number of nitrogens with two attached hydrogens (primary N) is 1. The van der Waals surface area contributed by atoms with Gasteiger partial charge >= 0.3 is 0 Å². The van der Waals surface area contributed by atoms with Gasteiger partial charge in [0, 0.05) is 6.20 Å². The molecule has 19 heavy (non-hydrogen) atoms. The van der Waals surface area contributed by atoms with Crippen LogP contribution in [-0.2, 0) is 0 Å². The van der Waals surface area contributed by atoms with Crippen LogP contribution in [0.4, 0.5) is 20.3 Å². The zero-order chi connectivity index (χ0) is 14.0. The molecule has 2 rings (SSSR count). The molecule has 0 aliphatic carbocycles. The molecule has 4 nitrogen and oxygen atoms in total. The van der Waals surface area contributed by atoms with E-state index in [0.29, 0.717) is 5.56 Å². The number of aromatic nitrogens is 1. The van der Waals surface area contributed by atoms with Crippen LogP contribution >= 0.6 is 0 Å². The van der Waals surface area contributed by atoms with Crippen LogP contribution in [0.5, 0.6) is 0 Å². The number of benzene rings is 1. The summed E-state index contributed by atoms with van der Waals surface area (Å²) < 4.78 is 27.2. The highest BCUT2D eigenvalue weighted by Crippen LogP contribution is 2.20. The van der Waals surface area contributed by atoms with E-state index >= 15 is 0 Å². The van der Waals surface area contributed by atoms with Crippen LogP contribution in [-0.4, -0.2) is 10.9 Å². The SMILES string of the molecule is Cc1cccnc1NC(=O)c1c(F)ccc(N)c1F. The first-order chi connectivity index (χ1) is 9.00. The molecule has 98 valence electrons. The van der Waals surface area contributed by atoms with Crippen LogP contribution in [0.2, 0.25) is 0 Å². The van der Waals surface area contributed by atoms with Crippen molar-refractivity contribution in [3.63, 3.8) is 0 Å². The monoisotopic (exact) mass is 263 g/mol. The topological polar surface area (TPSA) is 68.0 Å². The standard InChI is InChI=1S/C13H11F2N3O/c1-7-3-2-6-17-12(7)18-13(19)10-8(14)4-5-9(16)11(10)15/h2-6H,16H2,1H3,(H,17,18,19). The van der Waals surface area contributed by atoms with E-state index in [1.165, 1.54) is 6.20 Å². The first kappa shape index (κ1) is 12.9. The lowest BCUT2D eigenvalue weighted by Crippen LogP contribution is -2.18. The van der Waals surface area contributed by atoms with Crippen molar-refractivity contribution in [3.8, 4) is 0 Å². The molecule has 2 aromatic rings. The molecule has 0 aliphatic heterocycles. The van der Waals surface area contributed by atoms with Crippen molar-refractivity contribution in [2.45, 2.75) is 6.92 Å². The third kappa shape index (κ3) is 2.52. The Morgan fingerprint density at radius 3 is 2.74 bits per heavy atom. The fourth-order valence-corrected chi connectivity index (χ4v) is 1.56. The number of carbonyl (C=O) groups is 1. The average molecular weight is 263 g/mol. The highest BCUT2D eigenvalue weighted by atomic mass is 19.1. The van der Waals surface area contributed by atoms with Crippen LogP contribution < -0.4 is 11.1 Å². The highest BCUT2D eigenvalue weighted by molar-refractivity contribution is 6.05. The van der Waals surface area contributed by atoms with E-state index in [9.17, 15) is 13.6 Å². The van der Waals surface area contributed by atoms with E-state index in [-0.39, 0.29) is 11.5 Å². The van der Waals surface area contributed by atoms with Gasteiger partial charge in [-0.1, -0.05) is 6.07 Å². The Balaban J connectivity index is 2.36. The van der Waals surface area contributed by atoms with Gasteiger partial charge in [0.25, 0.3) is 5.91 Å². The van der Waals surface area contributed by atoms with Gasteiger partial charge in [-0.2, -0.15) is 0 Å². The van der Waals surface area contributed by atoms with Crippen molar-refractivity contribution in [2.75, 3.05) is 11.1 Å². The van der Waals surface area contributed by atoms with Crippen LogP contribution in [0.3, 0.4) is 0 Å². The number of hydrogen-bond acceptors (Lipinski definition) is 3. The van der Waals surface area contributed by atoms with Gasteiger partial charge in [0.2, 0.25) is 0 Å². The molecule has 3 N–H and O–H groups in total. The lowest BCUT2D eigenvalue weighted by Gasteiger charge is -2.09. The predicted octanol–water partition coefficient (Wildman–Crippen LogP) is 2.50. The van der Waals surface area contributed by atoms with E-state index < -0.39 is 23.1 Å². The number of amides is 1. The van der Waals surface area contributed by atoms with Gasteiger partial charge in [-0.05, 0) is 30.7 Å². The minimum atomic E-state index is -1.08. The smallest absolute Gasteiger partial charge is 0.262 e. The predicted molar refractivity (Wildman–Crippen MR) is 67.7 cm³/mol. The fourth-order valence-electron chi connectivity index (χ4n) is 1.56. The summed E-state index contributed by atoms with van der Waals surface area (Å²) in [5, 5.41) is 2.35. The van der Waals surface area contributed by atoms with Crippen molar-refractivity contribution in [1.82, 2.24) is 4.98 Å². The average Bonchev–Trinajstić information content (AvgIpc) is 2.37. The first-order valence-electron chi connectivity index (χ1n) is 5.47. The molecule has 0 saturated carbocycles. The molecular formula is C13H11F2N3O. The number of hydrogen-bond donors (Lipinski definition) is 2. The minimum absolute atomic E-state index is 0.244. The second-order valence-electron chi connectivity index (χ2n) is 3.95. The van der Waals surface area contributed by atoms with Gasteiger partial charge in [0.15, 0.2) is 5.82 Å². The number of pyridine rings is 1. The lowest BCUT2D eigenvalue weighted by atomic mass is 10.1. The minimum Gasteiger partial charge on any atom is -0.396 e. The molecule has 0 saturated heterocycles. The molecule has 0 spiro atoms. The molecule has 1 heterocycles. The van der Waals surface area contributed by atoms with E-state index in [1.54, 1.807) is 19.1 Å². The number of halogens is 2. The summed E-state index contributed by atoms with van der Waals surface area (Å²) in [7, 11) is 0. The normalized spacial score (nSPS) is 10.3. The molecule has 1 amide bonds. The molecule has 0 atom stereocenters. The molecule has 6 heteroatoms. The van der Waals surface area contributed by atoms with Gasteiger partial charge in [-0.25, -0.2) is 13.8 Å². The summed E-state index contributed by atoms with van der Waals surface area (Å²) in [5.74, 6) is -2.73. The highest BCUT2D eigenvalue weighted by Gasteiger charge is 2.20. The summed E-state index contributed by atoms with van der Waals surface area (Å²) in [6.07, 6.45) is 1.47. The van der Waals surface area contributed by atoms with Gasteiger partial charge in [-0.15, -0.1) is 0 Å². The maximum atomic E-state index is 13.7. The van der Waals surface area contributed by atoms with Gasteiger partial charge in [0.1, 0.15) is 17.2 Å². The third-order valence-corrected chi connectivity index (χ3v) is 2.59. The van der Waals surface area contributed by atoms with E-state index in [0.717, 1.165) is 12.1 Å². The molecule has 0 aliphatic rings. The maximum absolute atomic E-state index is 13.7. The Kier molecular flexibility index (Phi) is 3.41. The van der Waals surface area contributed by atoms with Crippen LogP contribution in [0.1, 0.15) is 15.9 Å². The van der Waals surface area contributed by atoms with E-state index in [4.69, 9.17) is 5.73 Å². The zero-order valence-electron chi connectivity index (χ0n) is 10.1. The first-order valence-corrected chi connectivity index (χ1v) is 5.47. The molecular weight excluding hydrogens is 252 g/mol. The molecule has 0 radical (unpaired) electrons. The van der Waals surface area contributed by atoms with Crippen LogP contribution in [0.25, 0.3) is 0 Å². The number of rotatable bonds is 2. The Hall–Kier alpha value is -2.50. The second kappa shape index (κ2) is 5.01. The van der Waals surface area contributed by atoms with Crippen LogP contribution in [0.15, 0.2) is 30.5 Å². The van der Waals surface area contributed by atoms with Crippen molar-refractivity contribution in [3.05, 3.63) is 53.2 Å². The summed E-state index contributed by atoms with van der Waals surface area (Å²) in [6.45, 7) is 1.72. The van der Waals surface area contributed by atoms with Crippen LogP contribution in [0, 0.1) is 18.6 Å². The van der Waals surface area contributed by atoms with Crippen molar-refractivity contribution >= 4 is 17.4 Å². The van der Waals surface area contributed by atoms with Gasteiger partial charge in [-0.3, -0.25) is 4.79 Å². The quantitative estimate of drug-likeness (QED) is 0.818. The summed E-state index contributed by atoms with van der Waals surface area (Å²) in [5.41, 5.74) is 4.99. The number of nitrogens with one attached hydrogen (secondary N) is 1. The maximum Gasteiger partial charge on any atom is 0.262 e.